The van der Waals surface area contributed by atoms with Gasteiger partial charge in [0.15, 0.2) is 0 Å². The zero-order chi connectivity index (χ0) is 19.3. The van der Waals surface area contributed by atoms with Crippen molar-refractivity contribution in [2.45, 2.75) is 31.9 Å². The minimum atomic E-state index is -4.45. The highest BCUT2D eigenvalue weighted by Gasteiger charge is 2.30. The van der Waals surface area contributed by atoms with Crippen LogP contribution in [0.3, 0.4) is 0 Å². The second-order valence-corrected chi connectivity index (χ2v) is 6.80. The monoisotopic (exact) mass is 376 g/mol. The quantitative estimate of drug-likeness (QED) is 0.823. The van der Waals surface area contributed by atoms with Crippen molar-refractivity contribution in [1.29, 1.82) is 0 Å². The second-order valence-electron chi connectivity index (χ2n) is 6.80. The minimum absolute atomic E-state index is 0.0188. The Balaban J connectivity index is 1.51. The Bertz CT molecular complexity index is 766. The molecule has 0 saturated carbocycles. The van der Waals surface area contributed by atoms with Gasteiger partial charge in [-0.05, 0) is 61.6 Å². The molecule has 0 aliphatic carbocycles. The Morgan fingerprint density at radius 2 is 1.70 bits per heavy atom. The summed E-state index contributed by atoms with van der Waals surface area (Å²) in [5.74, 6) is -0.494. The molecule has 1 fully saturated rings. The smallest absolute Gasteiger partial charge is 0.372 e. The molecule has 3 nitrogen and oxygen atoms in total. The van der Waals surface area contributed by atoms with Crippen LogP contribution >= 0.6 is 0 Å². The van der Waals surface area contributed by atoms with Crippen molar-refractivity contribution in [1.82, 2.24) is 5.32 Å². The number of piperidine rings is 1. The second kappa shape index (κ2) is 8.46. The highest BCUT2D eigenvalue weighted by Crippen LogP contribution is 2.29. The van der Waals surface area contributed by atoms with Gasteiger partial charge < -0.3 is 10.2 Å². The normalized spacial score (nSPS) is 14.9. The van der Waals surface area contributed by atoms with E-state index < -0.39 is 17.6 Å². The summed E-state index contributed by atoms with van der Waals surface area (Å²) in [6.45, 7) is 2.55. The molecule has 1 heterocycles. The van der Waals surface area contributed by atoms with E-state index in [1.165, 1.54) is 37.1 Å². The lowest BCUT2D eigenvalue weighted by molar-refractivity contribution is -0.137. The maximum atomic E-state index is 12.7. The number of carbonyl (C=O) groups excluding carboxylic acids is 1. The minimum Gasteiger partial charge on any atom is -0.372 e. The molecule has 0 aromatic heterocycles. The van der Waals surface area contributed by atoms with Gasteiger partial charge in [-0.3, -0.25) is 4.79 Å². The van der Waals surface area contributed by atoms with Gasteiger partial charge in [-0.25, -0.2) is 0 Å². The number of amides is 1. The summed E-state index contributed by atoms with van der Waals surface area (Å²) >= 11 is 0. The van der Waals surface area contributed by atoms with Crippen LogP contribution in [0, 0.1) is 0 Å². The number of rotatable bonds is 5. The topological polar surface area (TPSA) is 32.3 Å². The lowest BCUT2D eigenvalue weighted by Gasteiger charge is -2.28. The molecule has 0 spiro atoms. The maximum Gasteiger partial charge on any atom is 0.416 e. The molecule has 1 aliphatic rings. The van der Waals surface area contributed by atoms with Crippen molar-refractivity contribution >= 4 is 11.6 Å². The predicted octanol–water partition coefficient (Wildman–Crippen LogP) is 4.67. The average Bonchev–Trinajstić information content (AvgIpc) is 2.68. The van der Waals surface area contributed by atoms with E-state index in [-0.39, 0.29) is 5.56 Å². The van der Waals surface area contributed by atoms with E-state index in [9.17, 15) is 18.0 Å². The Labute approximate surface area is 157 Å². The standard InChI is InChI=1S/C21H23F3N2O/c22-21(23,24)18-6-4-5-17(15-18)20(27)25-12-11-16-7-9-19(10-8-16)26-13-2-1-3-14-26/h4-10,15H,1-3,11-14H2,(H,25,27). The van der Waals surface area contributed by atoms with Gasteiger partial charge in [0, 0.05) is 30.9 Å². The highest BCUT2D eigenvalue weighted by molar-refractivity contribution is 5.94. The molecular weight excluding hydrogens is 353 g/mol. The summed E-state index contributed by atoms with van der Waals surface area (Å²) in [5, 5.41) is 2.69. The molecule has 144 valence electrons. The molecule has 2 aromatic rings. The van der Waals surface area contributed by atoms with Gasteiger partial charge in [-0.15, -0.1) is 0 Å². The number of nitrogens with zero attached hydrogens (tertiary/aromatic N) is 1. The van der Waals surface area contributed by atoms with E-state index in [0.29, 0.717) is 13.0 Å². The Morgan fingerprint density at radius 1 is 1.00 bits per heavy atom. The van der Waals surface area contributed by atoms with Gasteiger partial charge in [0.05, 0.1) is 5.56 Å². The summed E-state index contributed by atoms with van der Waals surface area (Å²) in [7, 11) is 0. The van der Waals surface area contributed by atoms with E-state index in [1.54, 1.807) is 0 Å². The van der Waals surface area contributed by atoms with Crippen LogP contribution in [0.4, 0.5) is 18.9 Å². The molecule has 0 bridgehead atoms. The fraction of sp³-hybridized carbons (Fsp3) is 0.381. The van der Waals surface area contributed by atoms with Gasteiger partial charge in [0.2, 0.25) is 0 Å². The largest absolute Gasteiger partial charge is 0.416 e. The van der Waals surface area contributed by atoms with E-state index in [0.717, 1.165) is 30.8 Å². The molecule has 0 atom stereocenters. The number of hydrogen-bond acceptors (Lipinski definition) is 2. The number of carbonyl (C=O) groups is 1. The molecular formula is C21H23F3N2O. The molecule has 27 heavy (non-hydrogen) atoms. The van der Waals surface area contributed by atoms with E-state index in [4.69, 9.17) is 0 Å². The van der Waals surface area contributed by atoms with Crippen LogP contribution in [0.5, 0.6) is 0 Å². The van der Waals surface area contributed by atoms with Crippen molar-refractivity contribution in [3.05, 3.63) is 65.2 Å². The summed E-state index contributed by atoms with van der Waals surface area (Å²) < 4.78 is 38.2. The number of alkyl halides is 3. The zero-order valence-corrected chi connectivity index (χ0v) is 15.1. The van der Waals surface area contributed by atoms with E-state index in [1.807, 2.05) is 12.1 Å². The van der Waals surface area contributed by atoms with Crippen LogP contribution in [0.15, 0.2) is 48.5 Å². The number of halogens is 3. The Morgan fingerprint density at radius 3 is 2.37 bits per heavy atom. The number of nitrogens with one attached hydrogen (secondary N) is 1. The first-order valence-corrected chi connectivity index (χ1v) is 9.23. The van der Waals surface area contributed by atoms with Crippen molar-refractivity contribution in [2.75, 3.05) is 24.5 Å². The SMILES string of the molecule is O=C(NCCc1ccc(N2CCCCC2)cc1)c1cccc(C(F)(F)F)c1. The first-order chi connectivity index (χ1) is 12.9. The number of anilines is 1. The first kappa shape index (κ1) is 19.3. The summed E-state index contributed by atoms with van der Waals surface area (Å²) in [6.07, 6.45) is -0.0792. The van der Waals surface area contributed by atoms with Crippen molar-refractivity contribution in [3.63, 3.8) is 0 Å². The molecule has 0 radical (unpaired) electrons. The molecule has 1 aliphatic heterocycles. The fourth-order valence-corrected chi connectivity index (χ4v) is 3.28. The van der Waals surface area contributed by atoms with Gasteiger partial charge in [-0.2, -0.15) is 13.2 Å². The molecule has 6 heteroatoms. The maximum absolute atomic E-state index is 12.7. The Hall–Kier alpha value is -2.50. The van der Waals surface area contributed by atoms with Crippen molar-refractivity contribution in [3.8, 4) is 0 Å². The van der Waals surface area contributed by atoms with Crippen molar-refractivity contribution in [2.24, 2.45) is 0 Å². The van der Waals surface area contributed by atoms with Gasteiger partial charge >= 0.3 is 6.18 Å². The van der Waals surface area contributed by atoms with Crippen LogP contribution in [0.25, 0.3) is 0 Å². The zero-order valence-electron chi connectivity index (χ0n) is 15.1. The van der Waals surface area contributed by atoms with Crippen LogP contribution in [0.2, 0.25) is 0 Å². The highest BCUT2D eigenvalue weighted by atomic mass is 19.4. The van der Waals surface area contributed by atoms with E-state index in [2.05, 4.69) is 22.3 Å². The van der Waals surface area contributed by atoms with Gasteiger partial charge in [0.1, 0.15) is 0 Å². The average molecular weight is 376 g/mol. The van der Waals surface area contributed by atoms with Crippen LogP contribution < -0.4 is 10.2 Å². The van der Waals surface area contributed by atoms with Gasteiger partial charge in [-0.1, -0.05) is 18.2 Å². The molecule has 0 unspecified atom stereocenters. The molecule has 2 aromatic carbocycles. The summed E-state index contributed by atoms with van der Waals surface area (Å²) in [6, 6.07) is 12.7. The van der Waals surface area contributed by atoms with Crippen LogP contribution in [-0.4, -0.2) is 25.5 Å². The third-order valence-corrected chi connectivity index (χ3v) is 4.81. The number of hydrogen-bond donors (Lipinski definition) is 1. The van der Waals surface area contributed by atoms with Crippen LogP contribution in [-0.2, 0) is 12.6 Å². The van der Waals surface area contributed by atoms with Gasteiger partial charge in [0.25, 0.3) is 5.91 Å². The first-order valence-electron chi connectivity index (χ1n) is 9.23. The lowest BCUT2D eigenvalue weighted by atomic mass is 10.1. The predicted molar refractivity (Wildman–Crippen MR) is 100.0 cm³/mol. The summed E-state index contributed by atoms with van der Waals surface area (Å²) in [5.41, 5.74) is 1.50. The van der Waals surface area contributed by atoms with Crippen LogP contribution in [0.1, 0.15) is 40.7 Å². The summed E-state index contributed by atoms with van der Waals surface area (Å²) in [4.78, 5) is 14.5. The molecule has 1 saturated heterocycles. The Kier molecular flexibility index (Phi) is 6.04. The molecule has 1 amide bonds. The molecule has 1 N–H and O–H groups in total. The third-order valence-electron chi connectivity index (χ3n) is 4.81. The number of benzene rings is 2. The fourth-order valence-electron chi connectivity index (χ4n) is 3.28. The third kappa shape index (κ3) is 5.25. The van der Waals surface area contributed by atoms with Crippen molar-refractivity contribution < 1.29 is 18.0 Å². The van der Waals surface area contributed by atoms with E-state index >= 15 is 0 Å². The lowest BCUT2D eigenvalue weighted by Crippen LogP contribution is -2.29. The molecule has 3 rings (SSSR count).